The molecule has 1 N–H and O–H groups in total. The Labute approximate surface area is 204 Å². The molecule has 0 amide bonds. The Kier molecular flexibility index (Phi) is 8.48. The van der Waals surface area contributed by atoms with Crippen LogP contribution >= 0.6 is 24.0 Å². The minimum Gasteiger partial charge on any atom is -0.364 e. The number of para-hydroxylation sites is 2. The second kappa shape index (κ2) is 11.1. The number of piperazine rings is 1. The van der Waals surface area contributed by atoms with E-state index in [1.807, 2.05) is 24.5 Å². The number of nitrogens with zero attached hydrogens (tertiary/aromatic N) is 6. The molecule has 1 aromatic carbocycles. The molecule has 4 rings (SSSR count). The van der Waals surface area contributed by atoms with Crippen LogP contribution in [0.3, 0.4) is 0 Å². The first-order valence-corrected chi connectivity index (χ1v) is 11.9. The molecular formula is C20H28IN7O3S. The number of aliphatic imine (C=N–C) groups is 1. The number of hydrogen-bond donors (Lipinski definition) is 1. The molecular weight excluding hydrogens is 545 g/mol. The minimum atomic E-state index is -3.41. The Hall–Kier alpha value is -2.19. The maximum atomic E-state index is 12.6. The molecule has 0 unspecified atom stereocenters. The number of aryl methyl sites for hydroxylation is 1. The Bertz CT molecular complexity index is 1120. The number of guanidine groups is 1. The molecule has 0 atom stereocenters. The lowest BCUT2D eigenvalue weighted by atomic mass is 10.3. The zero-order valence-corrected chi connectivity index (χ0v) is 21.1. The zero-order chi connectivity index (χ0) is 21.7. The minimum absolute atomic E-state index is 0. The number of nitrogens with one attached hydrogen (secondary N) is 1. The van der Waals surface area contributed by atoms with Gasteiger partial charge in [0, 0.05) is 52.4 Å². The fraction of sp³-hybridized carbons (Fsp3) is 0.450. The standard InChI is InChI=1S/C20H27N7O3S.HI/c1-21-20(22-8-4-9-26-16-23-18-5-2-3-6-19(18)26)25-10-12-27(13-11-25)31(28,29)15-17-7-14-30-24-17;/h2-3,5-7,14,16H,4,8-13,15H2,1H3,(H,21,22);1H. The number of sulfonamides is 1. The van der Waals surface area contributed by atoms with E-state index >= 15 is 0 Å². The number of aromatic nitrogens is 3. The van der Waals surface area contributed by atoms with Crippen molar-refractivity contribution in [2.24, 2.45) is 4.99 Å². The highest BCUT2D eigenvalue weighted by Crippen LogP contribution is 2.14. The molecule has 0 radical (unpaired) electrons. The van der Waals surface area contributed by atoms with Crippen LogP contribution in [0, 0.1) is 0 Å². The summed E-state index contributed by atoms with van der Waals surface area (Å²) in [6, 6.07) is 9.67. The quantitative estimate of drug-likeness (QED) is 0.199. The van der Waals surface area contributed by atoms with Gasteiger partial charge >= 0.3 is 0 Å². The van der Waals surface area contributed by atoms with Crippen molar-refractivity contribution in [1.29, 1.82) is 0 Å². The molecule has 174 valence electrons. The van der Waals surface area contributed by atoms with Crippen molar-refractivity contribution in [3.8, 4) is 0 Å². The van der Waals surface area contributed by atoms with E-state index in [9.17, 15) is 8.42 Å². The van der Waals surface area contributed by atoms with E-state index in [1.165, 1.54) is 10.6 Å². The van der Waals surface area contributed by atoms with Gasteiger partial charge in [0.05, 0.1) is 23.1 Å². The van der Waals surface area contributed by atoms with E-state index in [2.05, 4.69) is 36.0 Å². The van der Waals surface area contributed by atoms with E-state index in [0.29, 0.717) is 31.9 Å². The third-order valence-corrected chi connectivity index (χ3v) is 7.16. The fourth-order valence-corrected chi connectivity index (χ4v) is 5.16. The van der Waals surface area contributed by atoms with Gasteiger partial charge in [-0.1, -0.05) is 17.3 Å². The number of rotatable bonds is 7. The van der Waals surface area contributed by atoms with E-state index in [0.717, 1.165) is 36.5 Å². The summed E-state index contributed by atoms with van der Waals surface area (Å²) in [7, 11) is -1.66. The SMILES string of the molecule is CN=C(NCCCn1cnc2ccccc21)N1CCN(S(=O)(=O)Cc2ccon2)CC1.I. The highest BCUT2D eigenvalue weighted by molar-refractivity contribution is 14.0. The van der Waals surface area contributed by atoms with E-state index in [-0.39, 0.29) is 29.7 Å². The molecule has 3 aromatic rings. The molecule has 12 heteroatoms. The van der Waals surface area contributed by atoms with Crippen molar-refractivity contribution < 1.29 is 12.9 Å². The Morgan fingerprint density at radius 2 is 1.97 bits per heavy atom. The summed E-state index contributed by atoms with van der Waals surface area (Å²) in [5.41, 5.74) is 2.56. The topological polar surface area (TPSA) is 109 Å². The lowest BCUT2D eigenvalue weighted by Gasteiger charge is -2.35. The van der Waals surface area contributed by atoms with Gasteiger partial charge < -0.3 is 19.3 Å². The molecule has 32 heavy (non-hydrogen) atoms. The Morgan fingerprint density at radius 1 is 1.19 bits per heavy atom. The smallest absolute Gasteiger partial charge is 0.220 e. The molecule has 1 aliphatic heterocycles. The molecule has 0 spiro atoms. The monoisotopic (exact) mass is 573 g/mol. The van der Waals surface area contributed by atoms with E-state index < -0.39 is 10.0 Å². The van der Waals surface area contributed by atoms with Crippen LogP contribution in [0.5, 0.6) is 0 Å². The van der Waals surface area contributed by atoms with Crippen LogP contribution in [-0.2, 0) is 22.3 Å². The number of imidazole rings is 1. The van der Waals surface area contributed by atoms with Gasteiger partial charge in [-0.25, -0.2) is 13.4 Å². The maximum Gasteiger partial charge on any atom is 0.220 e. The second-order valence-electron chi connectivity index (χ2n) is 7.39. The van der Waals surface area contributed by atoms with Crippen molar-refractivity contribution in [3.05, 3.63) is 48.6 Å². The molecule has 3 heterocycles. The first-order valence-electron chi connectivity index (χ1n) is 10.3. The largest absolute Gasteiger partial charge is 0.364 e. The van der Waals surface area contributed by atoms with Crippen LogP contribution in [-0.4, -0.2) is 78.1 Å². The van der Waals surface area contributed by atoms with Crippen molar-refractivity contribution in [1.82, 2.24) is 29.2 Å². The fourth-order valence-electron chi connectivity index (χ4n) is 3.74. The first-order chi connectivity index (χ1) is 15.1. The third kappa shape index (κ3) is 5.78. The lowest BCUT2D eigenvalue weighted by Crippen LogP contribution is -2.54. The van der Waals surface area contributed by atoms with Crippen LogP contribution in [0.1, 0.15) is 12.1 Å². The summed E-state index contributed by atoms with van der Waals surface area (Å²) in [6.45, 7) is 3.64. The number of benzene rings is 1. The lowest BCUT2D eigenvalue weighted by molar-refractivity contribution is 0.259. The Balaban J connectivity index is 0.00000289. The summed E-state index contributed by atoms with van der Waals surface area (Å²) in [5.74, 6) is 0.656. The molecule has 1 saturated heterocycles. The van der Waals surface area contributed by atoms with Crippen molar-refractivity contribution in [3.63, 3.8) is 0 Å². The van der Waals surface area contributed by atoms with E-state index in [1.54, 1.807) is 13.1 Å². The summed E-state index contributed by atoms with van der Waals surface area (Å²) < 4.78 is 33.6. The molecule has 10 nitrogen and oxygen atoms in total. The molecule has 0 bridgehead atoms. The predicted molar refractivity (Wildman–Crippen MR) is 133 cm³/mol. The van der Waals surface area contributed by atoms with Crippen LogP contribution < -0.4 is 5.32 Å². The summed E-state index contributed by atoms with van der Waals surface area (Å²) >= 11 is 0. The van der Waals surface area contributed by atoms with Gasteiger partial charge in [-0.05, 0) is 18.6 Å². The molecule has 1 fully saturated rings. The van der Waals surface area contributed by atoms with Gasteiger partial charge in [-0.3, -0.25) is 4.99 Å². The third-order valence-electron chi connectivity index (χ3n) is 5.35. The average Bonchev–Trinajstić information content (AvgIpc) is 3.44. The van der Waals surface area contributed by atoms with Crippen molar-refractivity contribution in [2.75, 3.05) is 39.8 Å². The van der Waals surface area contributed by atoms with Crippen LogP contribution in [0.15, 0.2) is 52.4 Å². The van der Waals surface area contributed by atoms with Crippen molar-refractivity contribution >= 4 is 51.0 Å². The summed E-state index contributed by atoms with van der Waals surface area (Å²) in [4.78, 5) is 10.9. The molecule has 2 aromatic heterocycles. The number of fused-ring (bicyclic) bond motifs is 1. The first kappa shape index (κ1) is 24.5. The van der Waals surface area contributed by atoms with Crippen LogP contribution in [0.2, 0.25) is 0 Å². The maximum absolute atomic E-state index is 12.6. The van der Waals surface area contributed by atoms with Gasteiger partial charge in [-0.15, -0.1) is 24.0 Å². The van der Waals surface area contributed by atoms with Gasteiger partial charge in [0.15, 0.2) is 5.96 Å². The average molecular weight is 573 g/mol. The highest BCUT2D eigenvalue weighted by Gasteiger charge is 2.28. The Morgan fingerprint density at radius 3 is 2.69 bits per heavy atom. The predicted octanol–water partition coefficient (Wildman–Crippen LogP) is 1.76. The second-order valence-corrected chi connectivity index (χ2v) is 9.36. The van der Waals surface area contributed by atoms with E-state index in [4.69, 9.17) is 4.52 Å². The van der Waals surface area contributed by atoms with Gasteiger partial charge in [0.25, 0.3) is 0 Å². The van der Waals surface area contributed by atoms with Crippen LogP contribution in [0.25, 0.3) is 11.0 Å². The molecule has 0 saturated carbocycles. The number of hydrogen-bond acceptors (Lipinski definition) is 6. The summed E-state index contributed by atoms with van der Waals surface area (Å²) in [6.07, 6.45) is 4.18. The normalized spacial score (nSPS) is 15.7. The highest BCUT2D eigenvalue weighted by atomic mass is 127. The van der Waals surface area contributed by atoms with Gasteiger partial charge in [0.1, 0.15) is 12.0 Å². The van der Waals surface area contributed by atoms with Gasteiger partial charge in [-0.2, -0.15) is 4.31 Å². The molecule has 0 aliphatic carbocycles. The molecule has 1 aliphatic rings. The van der Waals surface area contributed by atoms with Crippen molar-refractivity contribution in [2.45, 2.75) is 18.7 Å². The zero-order valence-electron chi connectivity index (χ0n) is 17.9. The van der Waals surface area contributed by atoms with Gasteiger partial charge in [0.2, 0.25) is 10.0 Å². The van der Waals surface area contributed by atoms with Crippen LogP contribution in [0.4, 0.5) is 0 Å². The number of halogens is 1. The summed E-state index contributed by atoms with van der Waals surface area (Å²) in [5, 5.41) is 7.10.